The summed E-state index contributed by atoms with van der Waals surface area (Å²) in [6.07, 6.45) is 6.33. The fraction of sp³-hybridized carbons (Fsp3) is 0.800. The van der Waals surface area contributed by atoms with Gasteiger partial charge < -0.3 is 15.0 Å². The second-order valence-electron chi connectivity index (χ2n) is 9.45. The molecule has 0 aromatic carbocycles. The van der Waals surface area contributed by atoms with Crippen LogP contribution in [-0.2, 0) is 19.1 Å². The maximum atomic E-state index is 13.5. The summed E-state index contributed by atoms with van der Waals surface area (Å²) in [6, 6.07) is -0.761. The molecular weight excluding hydrogens is 406 g/mol. The molecule has 1 fully saturated rings. The number of nitrogens with zero attached hydrogens (tertiary/aromatic N) is 2. The van der Waals surface area contributed by atoms with Crippen LogP contribution in [0.4, 0.5) is 0 Å². The topological polar surface area (TPSA) is 79.0 Å². The number of hydrogen-bond donors (Lipinski definition) is 1. The SMILES string of the molecule is CCCC(/C=C(\C)C(=O)OCC)N(C)C(=O)C(NC(=O)C1CCCCN1C(C)C)C(C)C. The second kappa shape index (κ2) is 13.6. The molecule has 0 aliphatic carbocycles. The van der Waals surface area contributed by atoms with E-state index in [2.05, 4.69) is 24.1 Å². The Balaban J connectivity index is 3.02. The standard InChI is InChI=1S/C25H45N3O4/c1-9-13-20(16-19(7)25(31)32-10-2)27(8)24(30)22(17(3)4)26-23(29)21-14-11-12-15-28(21)18(5)6/h16-18,20-22H,9-15H2,1-8H3,(H,26,29)/b19-16+. The van der Waals surface area contributed by atoms with Crippen LogP contribution in [0.25, 0.3) is 0 Å². The Morgan fingerprint density at radius 2 is 1.81 bits per heavy atom. The van der Waals surface area contributed by atoms with Crippen LogP contribution >= 0.6 is 0 Å². The second-order valence-corrected chi connectivity index (χ2v) is 9.45. The maximum Gasteiger partial charge on any atom is 0.333 e. The zero-order chi connectivity index (χ0) is 24.4. The zero-order valence-corrected chi connectivity index (χ0v) is 21.4. The van der Waals surface area contributed by atoms with Crippen molar-refractivity contribution in [3.63, 3.8) is 0 Å². The van der Waals surface area contributed by atoms with E-state index in [0.717, 1.165) is 38.6 Å². The van der Waals surface area contributed by atoms with Crippen LogP contribution < -0.4 is 5.32 Å². The first-order chi connectivity index (χ1) is 15.0. The van der Waals surface area contributed by atoms with Crippen LogP contribution in [0.3, 0.4) is 0 Å². The van der Waals surface area contributed by atoms with Gasteiger partial charge in [-0.15, -0.1) is 0 Å². The number of hydrogen-bond acceptors (Lipinski definition) is 5. The fourth-order valence-corrected chi connectivity index (χ4v) is 4.29. The molecule has 3 unspecified atom stereocenters. The minimum Gasteiger partial charge on any atom is -0.463 e. The number of nitrogens with one attached hydrogen (secondary N) is 1. The molecule has 0 spiro atoms. The smallest absolute Gasteiger partial charge is 0.333 e. The lowest BCUT2D eigenvalue weighted by Crippen LogP contribution is -2.58. The van der Waals surface area contributed by atoms with Crippen molar-refractivity contribution >= 4 is 17.8 Å². The van der Waals surface area contributed by atoms with E-state index in [1.807, 2.05) is 20.8 Å². The number of rotatable bonds is 11. The predicted molar refractivity (Wildman–Crippen MR) is 128 cm³/mol. The Morgan fingerprint density at radius 1 is 1.16 bits per heavy atom. The molecule has 3 atom stereocenters. The molecule has 1 aliphatic rings. The van der Waals surface area contributed by atoms with Gasteiger partial charge in [0.15, 0.2) is 0 Å². The number of carbonyl (C=O) groups is 3. The summed E-state index contributed by atoms with van der Waals surface area (Å²) in [5.74, 6) is -0.618. The molecule has 1 rings (SSSR count). The van der Waals surface area contributed by atoms with E-state index in [9.17, 15) is 14.4 Å². The number of carbonyl (C=O) groups excluding carboxylic acids is 3. The van der Waals surface area contributed by atoms with Crippen LogP contribution in [0.2, 0.25) is 0 Å². The van der Waals surface area contributed by atoms with Crippen molar-refractivity contribution in [1.82, 2.24) is 15.1 Å². The van der Waals surface area contributed by atoms with E-state index in [-0.39, 0.29) is 41.8 Å². The third-order valence-electron chi connectivity index (χ3n) is 6.21. The van der Waals surface area contributed by atoms with E-state index in [0.29, 0.717) is 12.2 Å². The average Bonchev–Trinajstić information content (AvgIpc) is 2.75. The lowest BCUT2D eigenvalue weighted by atomic mass is 9.97. The quantitative estimate of drug-likeness (QED) is 0.384. The molecule has 184 valence electrons. The predicted octanol–water partition coefficient (Wildman–Crippen LogP) is 3.53. The van der Waals surface area contributed by atoms with Crippen LogP contribution in [0.15, 0.2) is 11.6 Å². The van der Waals surface area contributed by atoms with Crippen molar-refractivity contribution in [2.45, 2.75) is 105 Å². The van der Waals surface area contributed by atoms with E-state index in [4.69, 9.17) is 4.74 Å². The number of likely N-dealkylation sites (N-methyl/N-ethyl adjacent to an activating group) is 1. The molecule has 7 heteroatoms. The Hall–Kier alpha value is -1.89. The molecule has 1 heterocycles. The van der Waals surface area contributed by atoms with Gasteiger partial charge in [-0.1, -0.05) is 39.7 Å². The van der Waals surface area contributed by atoms with Crippen molar-refractivity contribution in [2.75, 3.05) is 20.2 Å². The summed E-state index contributed by atoms with van der Waals surface area (Å²) in [5, 5.41) is 3.06. The van der Waals surface area contributed by atoms with Gasteiger partial charge in [0, 0.05) is 18.7 Å². The van der Waals surface area contributed by atoms with E-state index in [1.54, 1.807) is 31.9 Å². The summed E-state index contributed by atoms with van der Waals surface area (Å²) in [7, 11) is 1.75. The van der Waals surface area contributed by atoms with Gasteiger partial charge in [-0.2, -0.15) is 0 Å². The van der Waals surface area contributed by atoms with Gasteiger partial charge in [0.05, 0.1) is 18.7 Å². The summed E-state index contributed by atoms with van der Waals surface area (Å²) in [6.45, 7) is 14.9. The maximum absolute atomic E-state index is 13.5. The molecule has 0 radical (unpaired) electrons. The summed E-state index contributed by atoms with van der Waals surface area (Å²) < 4.78 is 5.09. The highest BCUT2D eigenvalue weighted by molar-refractivity contribution is 5.91. The highest BCUT2D eigenvalue weighted by Gasteiger charge is 2.35. The van der Waals surface area contributed by atoms with Crippen molar-refractivity contribution < 1.29 is 19.1 Å². The third-order valence-corrected chi connectivity index (χ3v) is 6.21. The minimum absolute atomic E-state index is 0.0533. The number of esters is 1. The van der Waals surface area contributed by atoms with Gasteiger partial charge >= 0.3 is 5.97 Å². The first kappa shape index (κ1) is 28.1. The fourth-order valence-electron chi connectivity index (χ4n) is 4.29. The molecular formula is C25H45N3O4. The van der Waals surface area contributed by atoms with Crippen LogP contribution in [0, 0.1) is 5.92 Å². The molecule has 0 aromatic heterocycles. The van der Waals surface area contributed by atoms with Gasteiger partial charge in [-0.25, -0.2) is 4.79 Å². The number of piperidine rings is 1. The van der Waals surface area contributed by atoms with Gasteiger partial charge in [-0.3, -0.25) is 14.5 Å². The number of amides is 2. The Morgan fingerprint density at radius 3 is 2.34 bits per heavy atom. The molecule has 1 saturated heterocycles. The molecule has 0 aromatic rings. The Labute approximate surface area is 194 Å². The zero-order valence-electron chi connectivity index (χ0n) is 21.4. The third kappa shape index (κ3) is 7.91. The molecule has 0 bridgehead atoms. The molecule has 32 heavy (non-hydrogen) atoms. The first-order valence-electron chi connectivity index (χ1n) is 12.2. The van der Waals surface area contributed by atoms with E-state index < -0.39 is 6.04 Å². The van der Waals surface area contributed by atoms with Crippen LogP contribution in [-0.4, -0.2) is 72.0 Å². The van der Waals surface area contributed by atoms with Crippen molar-refractivity contribution in [1.29, 1.82) is 0 Å². The van der Waals surface area contributed by atoms with Crippen molar-refractivity contribution in [2.24, 2.45) is 5.92 Å². The first-order valence-corrected chi connectivity index (χ1v) is 12.2. The lowest BCUT2D eigenvalue weighted by molar-refractivity contribution is -0.140. The summed E-state index contributed by atoms with van der Waals surface area (Å²) >= 11 is 0. The lowest BCUT2D eigenvalue weighted by Gasteiger charge is -2.39. The van der Waals surface area contributed by atoms with E-state index >= 15 is 0 Å². The molecule has 0 saturated carbocycles. The molecule has 1 N–H and O–H groups in total. The highest BCUT2D eigenvalue weighted by Crippen LogP contribution is 2.21. The largest absolute Gasteiger partial charge is 0.463 e. The highest BCUT2D eigenvalue weighted by atomic mass is 16.5. The Bertz CT molecular complexity index is 660. The Kier molecular flexibility index (Phi) is 12.0. The monoisotopic (exact) mass is 451 g/mol. The summed E-state index contributed by atoms with van der Waals surface area (Å²) in [5.41, 5.74) is 0.491. The van der Waals surface area contributed by atoms with Crippen molar-refractivity contribution in [3.8, 4) is 0 Å². The van der Waals surface area contributed by atoms with Crippen LogP contribution in [0.1, 0.15) is 80.6 Å². The van der Waals surface area contributed by atoms with Gasteiger partial charge in [0.1, 0.15) is 6.04 Å². The van der Waals surface area contributed by atoms with Crippen LogP contribution in [0.5, 0.6) is 0 Å². The van der Waals surface area contributed by atoms with Gasteiger partial charge in [-0.05, 0) is 59.4 Å². The average molecular weight is 452 g/mol. The normalized spacial score (nSPS) is 19.6. The number of ether oxygens (including phenoxy) is 1. The molecule has 1 aliphatic heterocycles. The van der Waals surface area contributed by atoms with Crippen molar-refractivity contribution in [3.05, 3.63) is 11.6 Å². The minimum atomic E-state index is -0.612. The van der Waals surface area contributed by atoms with Gasteiger partial charge in [0.25, 0.3) is 0 Å². The molecule has 7 nitrogen and oxygen atoms in total. The number of likely N-dealkylation sites (tertiary alicyclic amines) is 1. The van der Waals surface area contributed by atoms with E-state index in [1.165, 1.54) is 0 Å². The molecule has 2 amide bonds. The summed E-state index contributed by atoms with van der Waals surface area (Å²) in [4.78, 5) is 42.6. The van der Waals surface area contributed by atoms with Gasteiger partial charge in [0.2, 0.25) is 11.8 Å².